The molecule has 0 aliphatic heterocycles. The molecule has 0 aromatic carbocycles. The van der Waals surface area contributed by atoms with E-state index in [0.29, 0.717) is 19.3 Å². The van der Waals surface area contributed by atoms with E-state index >= 15 is 0 Å². The average Bonchev–Trinajstić information content (AvgIpc) is 3.30. The maximum Gasteiger partial charge on any atom is 0.306 e. The third-order valence-electron chi connectivity index (χ3n) is 12.6. The fourth-order valence-corrected chi connectivity index (χ4v) is 8.28. The first kappa shape index (κ1) is 62.6. The highest BCUT2D eigenvalue weighted by atomic mass is 16.6. The van der Waals surface area contributed by atoms with Crippen molar-refractivity contribution in [3.05, 3.63) is 36.5 Å². The summed E-state index contributed by atoms with van der Waals surface area (Å²) in [6, 6.07) is 0. The summed E-state index contributed by atoms with van der Waals surface area (Å²) in [5, 5.41) is 0. The Morgan fingerprint density at radius 1 is 0.308 bits per heavy atom. The second-order valence-electron chi connectivity index (χ2n) is 19.2. The smallest absolute Gasteiger partial charge is 0.306 e. The third kappa shape index (κ3) is 52.5. The molecular formula is C59H108O6. The first-order valence-electron chi connectivity index (χ1n) is 28.5. The first-order valence-corrected chi connectivity index (χ1v) is 28.5. The van der Waals surface area contributed by atoms with Crippen molar-refractivity contribution in [2.45, 2.75) is 309 Å². The number of unbranched alkanes of at least 4 members (excludes halogenated alkanes) is 35. The van der Waals surface area contributed by atoms with E-state index < -0.39 is 6.10 Å². The number of carbonyl (C=O) groups excluding carboxylic acids is 3. The summed E-state index contributed by atoms with van der Waals surface area (Å²) in [6.45, 7) is 6.61. The molecule has 0 aliphatic carbocycles. The predicted octanol–water partition coefficient (Wildman–Crippen LogP) is 18.9. The molecular weight excluding hydrogens is 805 g/mol. The summed E-state index contributed by atoms with van der Waals surface area (Å²) in [4.78, 5) is 38.1. The molecule has 0 saturated heterocycles. The molecule has 0 amide bonds. The van der Waals surface area contributed by atoms with Gasteiger partial charge in [-0.3, -0.25) is 14.4 Å². The zero-order chi connectivity index (χ0) is 47.2. The predicted molar refractivity (Wildman–Crippen MR) is 279 cm³/mol. The van der Waals surface area contributed by atoms with E-state index in [2.05, 4.69) is 57.2 Å². The van der Waals surface area contributed by atoms with Gasteiger partial charge in [-0.1, -0.05) is 250 Å². The third-order valence-corrected chi connectivity index (χ3v) is 12.6. The molecule has 0 unspecified atom stereocenters. The van der Waals surface area contributed by atoms with Crippen LogP contribution < -0.4 is 0 Å². The summed E-state index contributed by atoms with van der Waals surface area (Å²) in [5.74, 6) is -0.884. The molecule has 0 N–H and O–H groups in total. The van der Waals surface area contributed by atoms with Crippen LogP contribution in [0.4, 0.5) is 0 Å². The summed E-state index contributed by atoms with van der Waals surface area (Å²) < 4.78 is 16.8. The van der Waals surface area contributed by atoms with Gasteiger partial charge in [0.2, 0.25) is 0 Å². The van der Waals surface area contributed by atoms with Gasteiger partial charge in [0.15, 0.2) is 6.10 Å². The highest BCUT2D eigenvalue weighted by Gasteiger charge is 2.19. The molecule has 0 fully saturated rings. The van der Waals surface area contributed by atoms with Gasteiger partial charge >= 0.3 is 17.9 Å². The van der Waals surface area contributed by atoms with Crippen molar-refractivity contribution < 1.29 is 28.6 Å². The summed E-state index contributed by atoms with van der Waals surface area (Å²) in [5.41, 5.74) is 0. The van der Waals surface area contributed by atoms with Crippen LogP contribution in [0.25, 0.3) is 0 Å². The number of allylic oxidation sites excluding steroid dienone is 6. The molecule has 380 valence electrons. The lowest BCUT2D eigenvalue weighted by atomic mass is 10.0. The molecule has 1 atom stereocenters. The molecule has 0 spiro atoms. The van der Waals surface area contributed by atoms with E-state index in [4.69, 9.17) is 14.2 Å². The van der Waals surface area contributed by atoms with E-state index in [-0.39, 0.29) is 31.1 Å². The normalized spacial score (nSPS) is 12.2. The van der Waals surface area contributed by atoms with Crippen LogP contribution >= 0.6 is 0 Å². The Morgan fingerprint density at radius 2 is 0.569 bits per heavy atom. The van der Waals surface area contributed by atoms with Gasteiger partial charge in [0, 0.05) is 19.3 Å². The quantitative estimate of drug-likeness (QED) is 0.0262. The van der Waals surface area contributed by atoms with Crippen molar-refractivity contribution >= 4 is 17.9 Å². The minimum Gasteiger partial charge on any atom is -0.462 e. The van der Waals surface area contributed by atoms with E-state index in [0.717, 1.165) is 89.9 Å². The molecule has 65 heavy (non-hydrogen) atoms. The Hall–Kier alpha value is -2.37. The van der Waals surface area contributed by atoms with Gasteiger partial charge < -0.3 is 14.2 Å². The lowest BCUT2D eigenvalue weighted by Crippen LogP contribution is -2.30. The lowest BCUT2D eigenvalue weighted by molar-refractivity contribution is -0.167. The van der Waals surface area contributed by atoms with Gasteiger partial charge in [0.1, 0.15) is 13.2 Å². The van der Waals surface area contributed by atoms with Crippen LogP contribution in [0.1, 0.15) is 303 Å². The summed E-state index contributed by atoms with van der Waals surface area (Å²) in [7, 11) is 0. The highest BCUT2D eigenvalue weighted by molar-refractivity contribution is 5.71. The topological polar surface area (TPSA) is 78.9 Å². The van der Waals surface area contributed by atoms with Gasteiger partial charge in [0.05, 0.1) is 0 Å². The molecule has 0 aromatic heterocycles. The number of carbonyl (C=O) groups is 3. The van der Waals surface area contributed by atoms with Gasteiger partial charge in [-0.05, 0) is 70.6 Å². The van der Waals surface area contributed by atoms with Crippen molar-refractivity contribution in [2.24, 2.45) is 0 Å². The first-order chi connectivity index (χ1) is 32.0. The average molecular weight is 914 g/mol. The number of ether oxygens (including phenoxy) is 3. The second-order valence-corrected chi connectivity index (χ2v) is 19.2. The van der Waals surface area contributed by atoms with Crippen molar-refractivity contribution in [2.75, 3.05) is 13.2 Å². The van der Waals surface area contributed by atoms with Crippen LogP contribution in [0, 0.1) is 0 Å². The second kappa shape index (κ2) is 54.2. The van der Waals surface area contributed by atoms with Crippen LogP contribution in [0.2, 0.25) is 0 Å². The molecule has 6 heteroatoms. The molecule has 6 nitrogen and oxygen atoms in total. The Balaban J connectivity index is 4.33. The lowest BCUT2D eigenvalue weighted by Gasteiger charge is -2.18. The zero-order valence-corrected chi connectivity index (χ0v) is 43.5. The van der Waals surface area contributed by atoms with Crippen molar-refractivity contribution in [3.8, 4) is 0 Å². The zero-order valence-electron chi connectivity index (χ0n) is 43.5. The molecule has 0 saturated carbocycles. The Labute approximate surface area is 404 Å². The monoisotopic (exact) mass is 913 g/mol. The van der Waals surface area contributed by atoms with Gasteiger partial charge in [-0.25, -0.2) is 0 Å². The van der Waals surface area contributed by atoms with Crippen LogP contribution in [-0.2, 0) is 28.6 Å². The van der Waals surface area contributed by atoms with Crippen molar-refractivity contribution in [1.29, 1.82) is 0 Å². The van der Waals surface area contributed by atoms with Gasteiger partial charge in [0.25, 0.3) is 0 Å². The van der Waals surface area contributed by atoms with Crippen LogP contribution in [-0.4, -0.2) is 37.2 Å². The molecule has 0 bridgehead atoms. The van der Waals surface area contributed by atoms with Gasteiger partial charge in [-0.15, -0.1) is 0 Å². The maximum absolute atomic E-state index is 12.8. The van der Waals surface area contributed by atoms with Crippen molar-refractivity contribution in [3.63, 3.8) is 0 Å². The molecule has 0 aliphatic rings. The van der Waals surface area contributed by atoms with Crippen molar-refractivity contribution in [1.82, 2.24) is 0 Å². The SMILES string of the molecule is CCCC/C=C\C/C=C\CCCCCCCC(=O)O[C@H](COC(=O)CCCCCCC/C=C\CCCCCCC)COC(=O)CCCCCCCCCCCCCCCCCCCCC. The minimum atomic E-state index is -0.779. The molecule has 0 rings (SSSR count). The standard InChI is InChI=1S/C59H108O6/c1-4-7-10-13-16-19-22-25-28-29-30-31-32-35-37-40-43-46-49-52-58(61)64-55-56(65-59(62)53-50-47-44-41-38-34-27-24-21-18-15-12-9-6-3)54-63-57(60)51-48-45-42-39-36-33-26-23-20-17-14-11-8-5-2/h15,18,23-24,26-27,56H,4-14,16-17,19-22,25,28-55H2,1-3H3/b18-15-,26-23-,27-24-/t56-/m1/s1. The van der Waals surface area contributed by atoms with E-state index in [9.17, 15) is 14.4 Å². The molecule has 0 heterocycles. The van der Waals surface area contributed by atoms with E-state index in [1.54, 1.807) is 0 Å². The largest absolute Gasteiger partial charge is 0.462 e. The van der Waals surface area contributed by atoms with Gasteiger partial charge in [-0.2, -0.15) is 0 Å². The fourth-order valence-electron chi connectivity index (χ4n) is 8.28. The summed E-state index contributed by atoms with van der Waals surface area (Å²) in [6.07, 6.45) is 64.2. The van der Waals surface area contributed by atoms with E-state index in [1.165, 1.54) is 173 Å². The van der Waals surface area contributed by atoms with E-state index in [1.807, 2.05) is 0 Å². The van der Waals surface area contributed by atoms with Crippen LogP contribution in [0.15, 0.2) is 36.5 Å². The fraction of sp³-hybridized carbons (Fsp3) is 0.847. The van der Waals surface area contributed by atoms with Crippen LogP contribution in [0.3, 0.4) is 0 Å². The summed E-state index contributed by atoms with van der Waals surface area (Å²) >= 11 is 0. The molecule has 0 aromatic rings. The van der Waals surface area contributed by atoms with Crippen LogP contribution in [0.5, 0.6) is 0 Å². The number of esters is 3. The number of hydrogen-bond donors (Lipinski definition) is 0. The highest BCUT2D eigenvalue weighted by Crippen LogP contribution is 2.16. The maximum atomic E-state index is 12.8. The Kier molecular flexibility index (Phi) is 52.3. The Bertz CT molecular complexity index is 1090. The number of hydrogen-bond acceptors (Lipinski definition) is 6. The Morgan fingerprint density at radius 3 is 0.908 bits per heavy atom. The molecule has 0 radical (unpaired) electrons. The number of rotatable bonds is 52. The minimum absolute atomic E-state index is 0.0771.